The Hall–Kier alpha value is -2.64. The van der Waals surface area contributed by atoms with Gasteiger partial charge in [0.05, 0.1) is 11.9 Å². The molecule has 0 aliphatic rings. The van der Waals surface area contributed by atoms with Gasteiger partial charge < -0.3 is 20.8 Å². The number of aromatic nitrogens is 1. The average molecular weight is 281 g/mol. The van der Waals surface area contributed by atoms with E-state index in [1.165, 1.54) is 6.20 Å². The Bertz CT molecular complexity index is 500. The van der Waals surface area contributed by atoms with E-state index in [0.717, 1.165) is 5.69 Å². The van der Waals surface area contributed by atoms with E-state index in [-0.39, 0.29) is 12.8 Å². The van der Waals surface area contributed by atoms with Crippen molar-refractivity contribution >= 4 is 23.7 Å². The highest BCUT2D eigenvalue weighted by Gasteiger charge is 2.20. The van der Waals surface area contributed by atoms with Gasteiger partial charge in [0.1, 0.15) is 6.04 Å². The summed E-state index contributed by atoms with van der Waals surface area (Å²) < 4.78 is 0. The van der Waals surface area contributed by atoms with Gasteiger partial charge in [-0.2, -0.15) is 0 Å². The van der Waals surface area contributed by atoms with E-state index >= 15 is 0 Å². The quantitative estimate of drug-likeness (QED) is 0.611. The third-order valence-corrected chi connectivity index (χ3v) is 2.42. The summed E-state index contributed by atoms with van der Waals surface area (Å²) in [6.45, 7) is 1.79. The smallest absolute Gasteiger partial charge is 0.326 e. The third kappa shape index (κ3) is 5.34. The maximum Gasteiger partial charge on any atom is 0.326 e. The van der Waals surface area contributed by atoms with E-state index in [1.807, 2.05) is 0 Å². The molecule has 1 aromatic heterocycles. The van der Waals surface area contributed by atoms with Gasteiger partial charge in [-0.3, -0.25) is 9.78 Å². The summed E-state index contributed by atoms with van der Waals surface area (Å²) in [4.78, 5) is 36.9. The summed E-state index contributed by atoms with van der Waals surface area (Å²) in [5.41, 5.74) is 1.19. The largest absolute Gasteiger partial charge is 0.481 e. The minimum Gasteiger partial charge on any atom is -0.481 e. The van der Waals surface area contributed by atoms with E-state index in [9.17, 15) is 14.4 Å². The molecule has 2 amide bonds. The second-order valence-corrected chi connectivity index (χ2v) is 4.11. The maximum atomic E-state index is 11.6. The minimum absolute atomic E-state index is 0.190. The van der Waals surface area contributed by atoms with Gasteiger partial charge in [-0.1, -0.05) is 0 Å². The SMILES string of the molecule is Cc1ccc(NC(=O)N[C@@H](CCC(=O)O)C(=O)O)cn1. The van der Waals surface area contributed by atoms with Gasteiger partial charge in [0.2, 0.25) is 0 Å². The number of hydrogen-bond donors (Lipinski definition) is 4. The zero-order valence-electron chi connectivity index (χ0n) is 10.8. The molecule has 1 rings (SSSR count). The number of carbonyl (C=O) groups excluding carboxylic acids is 1. The molecule has 8 nitrogen and oxygen atoms in total. The normalized spacial score (nSPS) is 11.4. The first-order valence-electron chi connectivity index (χ1n) is 5.83. The topological polar surface area (TPSA) is 129 Å². The lowest BCUT2D eigenvalue weighted by Crippen LogP contribution is -2.43. The van der Waals surface area contributed by atoms with Crippen LogP contribution in [0.2, 0.25) is 0 Å². The summed E-state index contributed by atoms with van der Waals surface area (Å²) in [7, 11) is 0. The van der Waals surface area contributed by atoms with Gasteiger partial charge >= 0.3 is 18.0 Å². The summed E-state index contributed by atoms with van der Waals surface area (Å²) in [6, 6.07) is 1.32. The number of anilines is 1. The molecule has 1 heterocycles. The van der Waals surface area contributed by atoms with Crippen molar-refractivity contribution in [1.29, 1.82) is 0 Å². The summed E-state index contributed by atoms with van der Waals surface area (Å²) in [6.07, 6.45) is 0.898. The van der Waals surface area contributed by atoms with E-state index < -0.39 is 24.0 Å². The average Bonchev–Trinajstić information content (AvgIpc) is 2.36. The van der Waals surface area contributed by atoms with Crippen molar-refractivity contribution in [2.75, 3.05) is 5.32 Å². The van der Waals surface area contributed by atoms with Crippen molar-refractivity contribution in [1.82, 2.24) is 10.3 Å². The molecule has 0 spiro atoms. The molecule has 0 radical (unpaired) electrons. The highest BCUT2D eigenvalue weighted by atomic mass is 16.4. The molecule has 0 bridgehead atoms. The van der Waals surface area contributed by atoms with Crippen LogP contribution in [0.25, 0.3) is 0 Å². The highest BCUT2D eigenvalue weighted by Crippen LogP contribution is 2.05. The number of hydrogen-bond acceptors (Lipinski definition) is 4. The molecule has 1 atom stereocenters. The second-order valence-electron chi connectivity index (χ2n) is 4.11. The van der Waals surface area contributed by atoms with Crippen molar-refractivity contribution in [3.8, 4) is 0 Å². The lowest BCUT2D eigenvalue weighted by atomic mass is 10.1. The molecule has 4 N–H and O–H groups in total. The van der Waals surface area contributed by atoms with E-state index in [4.69, 9.17) is 10.2 Å². The van der Waals surface area contributed by atoms with Crippen molar-refractivity contribution in [3.05, 3.63) is 24.0 Å². The molecule has 1 aromatic rings. The van der Waals surface area contributed by atoms with Crippen molar-refractivity contribution in [2.24, 2.45) is 0 Å². The van der Waals surface area contributed by atoms with E-state index in [1.54, 1.807) is 19.1 Å². The van der Waals surface area contributed by atoms with Gasteiger partial charge in [0, 0.05) is 12.1 Å². The number of aryl methyl sites for hydroxylation is 1. The predicted octanol–water partition coefficient (Wildman–Crippen LogP) is 0.830. The first-order chi connectivity index (χ1) is 9.38. The molecular weight excluding hydrogens is 266 g/mol. The van der Waals surface area contributed by atoms with Crippen molar-refractivity contribution in [3.63, 3.8) is 0 Å². The molecule has 8 heteroatoms. The van der Waals surface area contributed by atoms with Gasteiger partial charge in [0.25, 0.3) is 0 Å². The molecule has 108 valence electrons. The first-order valence-corrected chi connectivity index (χ1v) is 5.83. The number of amides is 2. The Labute approximate surface area is 114 Å². The zero-order valence-corrected chi connectivity index (χ0v) is 10.8. The van der Waals surface area contributed by atoms with E-state index in [2.05, 4.69) is 15.6 Å². The molecule has 0 saturated carbocycles. The molecule has 20 heavy (non-hydrogen) atoms. The molecule has 0 aromatic carbocycles. The Morgan fingerprint density at radius 2 is 2.00 bits per heavy atom. The summed E-state index contributed by atoms with van der Waals surface area (Å²) in [5, 5.41) is 22.0. The van der Waals surface area contributed by atoms with Gasteiger partial charge in [-0.05, 0) is 25.5 Å². The number of nitrogens with one attached hydrogen (secondary N) is 2. The Morgan fingerprint density at radius 1 is 1.30 bits per heavy atom. The molecule has 0 aliphatic heterocycles. The Kier molecular flexibility index (Phi) is 5.45. The highest BCUT2D eigenvalue weighted by molar-refractivity contribution is 5.92. The monoisotopic (exact) mass is 281 g/mol. The molecule has 0 saturated heterocycles. The van der Waals surface area contributed by atoms with Crippen LogP contribution in [-0.2, 0) is 9.59 Å². The van der Waals surface area contributed by atoms with Crippen LogP contribution < -0.4 is 10.6 Å². The molecule has 0 fully saturated rings. The molecule has 0 unspecified atom stereocenters. The van der Waals surface area contributed by atoms with Crippen LogP contribution in [0.1, 0.15) is 18.5 Å². The summed E-state index contributed by atoms with van der Waals surface area (Å²) >= 11 is 0. The lowest BCUT2D eigenvalue weighted by Gasteiger charge is -2.14. The number of urea groups is 1. The number of aliphatic carboxylic acids is 2. The van der Waals surface area contributed by atoms with Crippen LogP contribution in [0.5, 0.6) is 0 Å². The van der Waals surface area contributed by atoms with Crippen LogP contribution in [0.4, 0.5) is 10.5 Å². The van der Waals surface area contributed by atoms with Crippen LogP contribution in [0.15, 0.2) is 18.3 Å². The number of carboxylic acid groups (broad SMARTS) is 2. The maximum absolute atomic E-state index is 11.6. The number of carbonyl (C=O) groups is 3. The van der Waals surface area contributed by atoms with Crippen molar-refractivity contribution < 1.29 is 24.6 Å². The first kappa shape index (κ1) is 15.4. The fourth-order valence-electron chi connectivity index (χ4n) is 1.39. The summed E-state index contributed by atoms with van der Waals surface area (Å²) in [5.74, 6) is -2.41. The van der Waals surface area contributed by atoms with Crippen LogP contribution in [0.3, 0.4) is 0 Å². The second kappa shape index (κ2) is 7.07. The number of carboxylic acids is 2. The zero-order chi connectivity index (χ0) is 15.1. The number of nitrogens with zero attached hydrogens (tertiary/aromatic N) is 1. The lowest BCUT2D eigenvalue weighted by molar-refractivity contribution is -0.140. The minimum atomic E-state index is -1.29. The fourth-order valence-corrected chi connectivity index (χ4v) is 1.39. The van der Waals surface area contributed by atoms with Crippen LogP contribution >= 0.6 is 0 Å². The number of pyridine rings is 1. The van der Waals surface area contributed by atoms with E-state index in [0.29, 0.717) is 5.69 Å². The van der Waals surface area contributed by atoms with Crippen molar-refractivity contribution in [2.45, 2.75) is 25.8 Å². The number of rotatable bonds is 6. The fraction of sp³-hybridized carbons (Fsp3) is 0.333. The van der Waals surface area contributed by atoms with Gasteiger partial charge in [-0.15, -0.1) is 0 Å². The van der Waals surface area contributed by atoms with Gasteiger partial charge in [-0.25, -0.2) is 9.59 Å². The molecule has 0 aliphatic carbocycles. The predicted molar refractivity (Wildman–Crippen MR) is 69.4 cm³/mol. The molecular formula is C12H15N3O5. The Balaban J connectivity index is 2.55. The standard InChI is InChI=1S/C12H15N3O5/c1-7-2-3-8(6-13-7)14-12(20)15-9(11(18)19)4-5-10(16)17/h2-3,6,9H,4-5H2,1H3,(H,16,17)(H,18,19)(H2,14,15,20)/t9-/m0/s1. The Morgan fingerprint density at radius 3 is 2.50 bits per heavy atom. The van der Waals surface area contributed by atoms with Gasteiger partial charge in [0.15, 0.2) is 0 Å². The van der Waals surface area contributed by atoms with Crippen LogP contribution in [-0.4, -0.2) is 39.2 Å². The van der Waals surface area contributed by atoms with Crippen LogP contribution in [0, 0.1) is 6.92 Å². The third-order valence-electron chi connectivity index (χ3n) is 2.42.